The fourth-order valence-corrected chi connectivity index (χ4v) is 2.09. The lowest BCUT2D eigenvalue weighted by atomic mass is 10.1. The Morgan fingerprint density at radius 3 is 2.48 bits per heavy atom. The number of methoxy groups -OCH3 is 1. The molecular weight excluding hydrogens is 299 g/mol. The van der Waals surface area contributed by atoms with Gasteiger partial charge in [0.15, 0.2) is 5.69 Å². The molecule has 2 aromatic carbocycles. The Hall–Kier alpha value is -3.22. The predicted molar refractivity (Wildman–Crippen MR) is 84.0 cm³/mol. The molecule has 0 amide bonds. The number of H-pyrrole nitrogens is 2. The van der Waals surface area contributed by atoms with Crippen LogP contribution in [0.1, 0.15) is 0 Å². The van der Waals surface area contributed by atoms with Crippen LogP contribution in [0.2, 0.25) is 0 Å². The third-order valence-electron chi connectivity index (χ3n) is 3.23. The van der Waals surface area contributed by atoms with Crippen molar-refractivity contribution in [3.05, 3.63) is 64.7 Å². The number of aromatic amines is 2. The van der Waals surface area contributed by atoms with Crippen molar-refractivity contribution in [2.45, 2.75) is 0 Å². The molecule has 0 fully saturated rings. The SMILES string of the molecule is COc1ccccc1N=Nc1c(-c2ccc(F)cc2)[nH][nH]c1=O. The van der Waals surface area contributed by atoms with E-state index >= 15 is 0 Å². The lowest BCUT2D eigenvalue weighted by molar-refractivity contribution is 0.416. The number of hydrogen-bond donors (Lipinski definition) is 2. The molecule has 0 aliphatic carbocycles. The molecule has 1 heterocycles. The maximum Gasteiger partial charge on any atom is 0.292 e. The van der Waals surface area contributed by atoms with Gasteiger partial charge >= 0.3 is 0 Å². The molecule has 0 unspecified atom stereocenters. The number of azo groups is 1. The van der Waals surface area contributed by atoms with Crippen molar-refractivity contribution in [1.82, 2.24) is 10.2 Å². The number of aromatic nitrogens is 2. The molecule has 0 saturated heterocycles. The number of para-hydroxylation sites is 1. The molecule has 3 aromatic rings. The van der Waals surface area contributed by atoms with Gasteiger partial charge in [-0.3, -0.25) is 15.0 Å². The summed E-state index contributed by atoms with van der Waals surface area (Å²) in [5.74, 6) is 0.190. The zero-order valence-electron chi connectivity index (χ0n) is 12.2. The van der Waals surface area contributed by atoms with Crippen LogP contribution in [0.15, 0.2) is 63.6 Å². The van der Waals surface area contributed by atoms with Crippen LogP contribution in [-0.2, 0) is 0 Å². The summed E-state index contributed by atoms with van der Waals surface area (Å²) in [6.45, 7) is 0. The smallest absolute Gasteiger partial charge is 0.292 e. The molecule has 0 spiro atoms. The van der Waals surface area contributed by atoms with Crippen molar-refractivity contribution in [3.63, 3.8) is 0 Å². The van der Waals surface area contributed by atoms with Crippen LogP contribution in [-0.4, -0.2) is 17.3 Å². The fraction of sp³-hybridized carbons (Fsp3) is 0.0625. The average Bonchev–Trinajstić information content (AvgIpc) is 2.94. The molecule has 1 aromatic heterocycles. The third-order valence-corrected chi connectivity index (χ3v) is 3.23. The number of hydrogen-bond acceptors (Lipinski definition) is 4. The first-order chi connectivity index (χ1) is 11.2. The summed E-state index contributed by atoms with van der Waals surface area (Å²) in [5, 5.41) is 13.3. The Balaban J connectivity index is 2.01. The van der Waals surface area contributed by atoms with Gasteiger partial charge in [-0.05, 0) is 36.4 Å². The molecule has 0 aliphatic rings. The van der Waals surface area contributed by atoms with E-state index in [1.165, 1.54) is 19.2 Å². The zero-order chi connectivity index (χ0) is 16.2. The Morgan fingerprint density at radius 1 is 1.00 bits per heavy atom. The quantitative estimate of drug-likeness (QED) is 0.715. The normalized spacial score (nSPS) is 11.0. The monoisotopic (exact) mass is 312 g/mol. The highest BCUT2D eigenvalue weighted by atomic mass is 19.1. The van der Waals surface area contributed by atoms with E-state index in [0.29, 0.717) is 22.7 Å². The fourth-order valence-electron chi connectivity index (χ4n) is 2.09. The van der Waals surface area contributed by atoms with Gasteiger partial charge in [0.1, 0.15) is 17.3 Å². The second kappa shape index (κ2) is 6.27. The van der Waals surface area contributed by atoms with Crippen molar-refractivity contribution in [2.75, 3.05) is 7.11 Å². The summed E-state index contributed by atoms with van der Waals surface area (Å²) >= 11 is 0. The number of rotatable bonds is 4. The Kier molecular flexibility index (Phi) is 4.01. The zero-order valence-corrected chi connectivity index (χ0v) is 12.2. The first-order valence-corrected chi connectivity index (χ1v) is 6.80. The molecule has 7 heteroatoms. The van der Waals surface area contributed by atoms with E-state index in [-0.39, 0.29) is 11.5 Å². The van der Waals surface area contributed by atoms with Crippen molar-refractivity contribution in [2.24, 2.45) is 10.2 Å². The minimum atomic E-state index is -0.414. The highest BCUT2D eigenvalue weighted by Gasteiger charge is 2.12. The number of nitrogens with zero attached hydrogens (tertiary/aromatic N) is 2. The molecule has 0 saturated carbocycles. The van der Waals surface area contributed by atoms with E-state index in [2.05, 4.69) is 20.4 Å². The molecule has 6 nitrogen and oxygen atoms in total. The van der Waals surface area contributed by atoms with Crippen LogP contribution < -0.4 is 10.3 Å². The van der Waals surface area contributed by atoms with Gasteiger partial charge in [-0.25, -0.2) is 4.39 Å². The minimum absolute atomic E-state index is 0.113. The first kappa shape index (κ1) is 14.7. The molecule has 0 radical (unpaired) electrons. The summed E-state index contributed by atoms with van der Waals surface area (Å²) in [6, 6.07) is 12.8. The second-order valence-electron chi connectivity index (χ2n) is 4.68. The average molecular weight is 312 g/mol. The van der Waals surface area contributed by atoms with E-state index in [4.69, 9.17) is 4.74 Å². The van der Waals surface area contributed by atoms with Gasteiger partial charge in [-0.2, -0.15) is 0 Å². The summed E-state index contributed by atoms with van der Waals surface area (Å²) in [6.07, 6.45) is 0. The van der Waals surface area contributed by atoms with Crippen LogP contribution >= 0.6 is 0 Å². The van der Waals surface area contributed by atoms with E-state index in [1.54, 1.807) is 30.3 Å². The lowest BCUT2D eigenvalue weighted by Crippen LogP contribution is -1.96. The third kappa shape index (κ3) is 3.03. The topological polar surface area (TPSA) is 82.6 Å². The van der Waals surface area contributed by atoms with E-state index < -0.39 is 5.56 Å². The lowest BCUT2D eigenvalue weighted by Gasteiger charge is -2.02. The first-order valence-electron chi connectivity index (χ1n) is 6.80. The standard InChI is InChI=1S/C16H13FN4O2/c1-23-13-5-3-2-4-12(13)18-20-15-14(19-21-16(15)22)10-6-8-11(17)9-7-10/h2-9H,1H3,(H2,19,21,22). The van der Waals surface area contributed by atoms with Crippen LogP contribution in [0.5, 0.6) is 5.75 Å². The van der Waals surface area contributed by atoms with Crippen molar-refractivity contribution in [1.29, 1.82) is 0 Å². The highest BCUT2D eigenvalue weighted by Crippen LogP contribution is 2.30. The van der Waals surface area contributed by atoms with E-state index in [0.717, 1.165) is 0 Å². The van der Waals surface area contributed by atoms with Gasteiger partial charge in [0.25, 0.3) is 5.56 Å². The maximum absolute atomic E-state index is 13.0. The van der Waals surface area contributed by atoms with Gasteiger partial charge in [-0.15, -0.1) is 10.2 Å². The Bertz CT molecular complexity index is 897. The molecule has 23 heavy (non-hydrogen) atoms. The number of ether oxygens (including phenoxy) is 1. The highest BCUT2D eigenvalue weighted by molar-refractivity contribution is 5.71. The largest absolute Gasteiger partial charge is 0.494 e. The van der Waals surface area contributed by atoms with Gasteiger partial charge < -0.3 is 4.74 Å². The maximum atomic E-state index is 13.0. The molecule has 0 bridgehead atoms. The van der Waals surface area contributed by atoms with Gasteiger partial charge in [0, 0.05) is 5.56 Å². The molecule has 0 atom stereocenters. The summed E-state index contributed by atoms with van der Waals surface area (Å²) < 4.78 is 18.2. The Labute approximate surface area is 130 Å². The van der Waals surface area contributed by atoms with Crippen molar-refractivity contribution >= 4 is 11.4 Å². The molecule has 2 N–H and O–H groups in total. The molecule has 3 rings (SSSR count). The van der Waals surface area contributed by atoms with Crippen LogP contribution in [0, 0.1) is 5.82 Å². The summed E-state index contributed by atoms with van der Waals surface area (Å²) in [7, 11) is 1.53. The number of halogens is 1. The molecular formula is C16H13FN4O2. The number of nitrogens with one attached hydrogen (secondary N) is 2. The summed E-state index contributed by atoms with van der Waals surface area (Å²) in [5.41, 5.74) is 1.26. The van der Waals surface area contributed by atoms with Gasteiger partial charge in [-0.1, -0.05) is 12.1 Å². The second-order valence-corrected chi connectivity index (χ2v) is 4.68. The van der Waals surface area contributed by atoms with Crippen LogP contribution in [0.3, 0.4) is 0 Å². The molecule has 0 aliphatic heterocycles. The van der Waals surface area contributed by atoms with Gasteiger partial charge in [0.05, 0.1) is 12.8 Å². The van der Waals surface area contributed by atoms with Crippen molar-refractivity contribution in [3.8, 4) is 17.0 Å². The summed E-state index contributed by atoms with van der Waals surface area (Å²) in [4.78, 5) is 11.9. The predicted octanol–water partition coefficient (Wildman–Crippen LogP) is 3.93. The number of benzene rings is 2. The molecule has 116 valence electrons. The van der Waals surface area contributed by atoms with Crippen LogP contribution in [0.25, 0.3) is 11.3 Å². The van der Waals surface area contributed by atoms with E-state index in [9.17, 15) is 9.18 Å². The van der Waals surface area contributed by atoms with Gasteiger partial charge in [0.2, 0.25) is 0 Å². The van der Waals surface area contributed by atoms with Crippen LogP contribution in [0.4, 0.5) is 15.8 Å². The van der Waals surface area contributed by atoms with Crippen molar-refractivity contribution < 1.29 is 9.13 Å². The minimum Gasteiger partial charge on any atom is -0.494 e. The Morgan fingerprint density at radius 2 is 1.74 bits per heavy atom. The van der Waals surface area contributed by atoms with E-state index in [1.807, 2.05) is 6.07 Å².